The van der Waals surface area contributed by atoms with Gasteiger partial charge in [-0.05, 0) is 32.0 Å². The molecule has 0 spiro atoms. The third-order valence-electron chi connectivity index (χ3n) is 3.92. The van der Waals surface area contributed by atoms with Gasteiger partial charge in [-0.3, -0.25) is 4.79 Å². The number of fused-ring (bicyclic) bond motifs is 1. The number of halogens is 1. The van der Waals surface area contributed by atoms with Gasteiger partial charge in [0.05, 0.1) is 11.2 Å². The molecule has 0 aliphatic heterocycles. The molecule has 3 rings (SSSR count). The highest BCUT2D eigenvalue weighted by Crippen LogP contribution is 2.24. The lowest BCUT2D eigenvalue weighted by Crippen LogP contribution is -2.24. The number of ether oxygens (including phenoxy) is 1. The maximum Gasteiger partial charge on any atom is 0.277 e. The Labute approximate surface area is 157 Å². The maximum absolute atomic E-state index is 11.9. The van der Waals surface area contributed by atoms with Gasteiger partial charge in [0.15, 0.2) is 6.61 Å². The van der Waals surface area contributed by atoms with E-state index in [-0.39, 0.29) is 12.5 Å². The molecular formula is C20H20ClN3O2. The summed E-state index contributed by atoms with van der Waals surface area (Å²) in [5.41, 5.74) is 4.56. The second kappa shape index (κ2) is 8.06. The van der Waals surface area contributed by atoms with Gasteiger partial charge in [-0.1, -0.05) is 41.9 Å². The van der Waals surface area contributed by atoms with Crippen molar-refractivity contribution in [1.29, 1.82) is 0 Å². The summed E-state index contributed by atoms with van der Waals surface area (Å²) in [6.07, 6.45) is 3.68. The Morgan fingerprint density at radius 1 is 1.23 bits per heavy atom. The summed E-state index contributed by atoms with van der Waals surface area (Å²) in [6.45, 7) is 4.09. The lowest BCUT2D eigenvalue weighted by molar-refractivity contribution is -0.123. The van der Waals surface area contributed by atoms with Gasteiger partial charge in [0.2, 0.25) is 0 Å². The molecule has 2 aromatic carbocycles. The Balaban J connectivity index is 1.64. The first-order valence-electron chi connectivity index (χ1n) is 8.35. The molecule has 26 heavy (non-hydrogen) atoms. The number of benzene rings is 2. The quantitative estimate of drug-likeness (QED) is 0.517. The topological polar surface area (TPSA) is 55.6 Å². The molecule has 5 nitrogen and oxygen atoms in total. The van der Waals surface area contributed by atoms with Crippen LogP contribution in [0.15, 0.2) is 59.8 Å². The minimum atomic E-state index is -0.353. The fourth-order valence-electron chi connectivity index (χ4n) is 2.67. The van der Waals surface area contributed by atoms with Crippen molar-refractivity contribution in [3.8, 4) is 5.75 Å². The first-order valence-corrected chi connectivity index (χ1v) is 8.73. The minimum Gasteiger partial charge on any atom is -0.482 e. The number of para-hydroxylation sites is 2. The molecule has 1 N–H and O–H groups in total. The highest BCUT2D eigenvalue weighted by Gasteiger charge is 2.09. The normalized spacial score (nSPS) is 11.4. The van der Waals surface area contributed by atoms with E-state index in [9.17, 15) is 4.79 Å². The van der Waals surface area contributed by atoms with E-state index in [2.05, 4.69) is 35.0 Å². The lowest BCUT2D eigenvalue weighted by Gasteiger charge is -2.08. The summed E-state index contributed by atoms with van der Waals surface area (Å²) in [4.78, 5) is 11.9. The van der Waals surface area contributed by atoms with Crippen molar-refractivity contribution >= 4 is 34.6 Å². The summed E-state index contributed by atoms with van der Waals surface area (Å²) in [5.74, 6) is 0.113. The van der Waals surface area contributed by atoms with Crippen molar-refractivity contribution in [2.24, 2.45) is 5.10 Å². The van der Waals surface area contributed by atoms with Crippen LogP contribution in [0.5, 0.6) is 5.75 Å². The summed E-state index contributed by atoms with van der Waals surface area (Å²) in [5, 5.41) is 5.60. The average Bonchev–Trinajstić information content (AvgIpc) is 3.00. The van der Waals surface area contributed by atoms with Crippen LogP contribution in [-0.4, -0.2) is 23.3 Å². The molecule has 0 radical (unpaired) electrons. The molecule has 134 valence electrons. The summed E-state index contributed by atoms with van der Waals surface area (Å²) >= 11 is 5.99. The first-order chi connectivity index (χ1) is 12.6. The Bertz CT molecular complexity index is 947. The molecule has 6 heteroatoms. The van der Waals surface area contributed by atoms with Gasteiger partial charge >= 0.3 is 0 Å². The Morgan fingerprint density at radius 3 is 2.73 bits per heavy atom. The fraction of sp³-hybridized carbons (Fsp3) is 0.200. The van der Waals surface area contributed by atoms with E-state index in [1.54, 1.807) is 30.5 Å². The van der Waals surface area contributed by atoms with E-state index < -0.39 is 0 Å². The highest BCUT2D eigenvalue weighted by molar-refractivity contribution is 6.32. The molecule has 0 aliphatic carbocycles. The van der Waals surface area contributed by atoms with Crippen LogP contribution in [0, 0.1) is 0 Å². The Morgan fingerprint density at radius 2 is 1.96 bits per heavy atom. The van der Waals surface area contributed by atoms with Gasteiger partial charge in [0.1, 0.15) is 5.75 Å². The van der Waals surface area contributed by atoms with Crippen molar-refractivity contribution in [1.82, 2.24) is 9.99 Å². The number of hydrazone groups is 1. The Kier molecular flexibility index (Phi) is 5.58. The van der Waals surface area contributed by atoms with Gasteiger partial charge in [0, 0.05) is 28.7 Å². The summed E-state index contributed by atoms with van der Waals surface area (Å²) in [7, 11) is 0. The van der Waals surface area contributed by atoms with Gasteiger partial charge in [-0.15, -0.1) is 0 Å². The molecule has 0 unspecified atom stereocenters. The van der Waals surface area contributed by atoms with Crippen LogP contribution in [0.3, 0.4) is 0 Å². The summed E-state index contributed by atoms with van der Waals surface area (Å²) < 4.78 is 7.56. The van der Waals surface area contributed by atoms with Crippen LogP contribution in [0.4, 0.5) is 0 Å². The van der Waals surface area contributed by atoms with Gasteiger partial charge < -0.3 is 9.30 Å². The molecule has 3 aromatic rings. The SMILES string of the molecule is CC(C)n1cc(/C=N\NC(=O)COc2ccccc2Cl)c2ccccc21. The van der Waals surface area contributed by atoms with Crippen molar-refractivity contribution in [2.45, 2.75) is 19.9 Å². The number of nitrogens with zero attached hydrogens (tertiary/aromatic N) is 2. The predicted octanol–water partition coefficient (Wildman–Crippen LogP) is 4.40. The molecule has 1 amide bonds. The van der Waals surface area contributed by atoms with Crippen molar-refractivity contribution in [3.05, 3.63) is 65.3 Å². The molecule has 0 bridgehead atoms. The molecular weight excluding hydrogens is 350 g/mol. The minimum absolute atomic E-state index is 0.158. The van der Waals surface area contributed by atoms with Crippen LogP contribution in [0.1, 0.15) is 25.5 Å². The zero-order valence-corrected chi connectivity index (χ0v) is 15.4. The number of nitrogens with one attached hydrogen (secondary N) is 1. The molecule has 0 saturated carbocycles. The molecule has 0 aliphatic rings. The first kappa shape index (κ1) is 18.0. The Hall–Kier alpha value is -2.79. The molecule has 0 fully saturated rings. The number of aromatic nitrogens is 1. The third-order valence-corrected chi connectivity index (χ3v) is 4.23. The second-order valence-corrected chi connectivity index (χ2v) is 6.52. The standard InChI is InChI=1S/C20H20ClN3O2/c1-14(2)24-12-15(16-7-3-5-9-18(16)24)11-22-23-20(25)13-26-19-10-6-4-8-17(19)21/h3-12,14H,13H2,1-2H3,(H,23,25)/b22-11-. The van der Waals surface area contributed by atoms with Crippen molar-refractivity contribution in [2.75, 3.05) is 6.61 Å². The van der Waals surface area contributed by atoms with Crippen molar-refractivity contribution < 1.29 is 9.53 Å². The van der Waals surface area contributed by atoms with Gasteiger partial charge in [0.25, 0.3) is 5.91 Å². The van der Waals surface area contributed by atoms with E-state index in [1.807, 2.05) is 24.4 Å². The number of carbonyl (C=O) groups is 1. The predicted molar refractivity (Wildman–Crippen MR) is 105 cm³/mol. The largest absolute Gasteiger partial charge is 0.482 e. The van der Waals surface area contributed by atoms with E-state index >= 15 is 0 Å². The number of carbonyl (C=O) groups excluding carboxylic acids is 1. The van der Waals surface area contributed by atoms with Crippen LogP contribution in [0.25, 0.3) is 10.9 Å². The number of hydrogen-bond acceptors (Lipinski definition) is 3. The van der Waals surface area contributed by atoms with E-state index in [0.29, 0.717) is 16.8 Å². The van der Waals surface area contributed by atoms with E-state index in [1.165, 1.54) is 0 Å². The van der Waals surface area contributed by atoms with Gasteiger partial charge in [-0.25, -0.2) is 5.43 Å². The lowest BCUT2D eigenvalue weighted by atomic mass is 10.2. The van der Waals surface area contributed by atoms with Crippen LogP contribution < -0.4 is 10.2 Å². The van der Waals surface area contributed by atoms with E-state index in [0.717, 1.165) is 16.5 Å². The van der Waals surface area contributed by atoms with Gasteiger partial charge in [-0.2, -0.15) is 5.10 Å². The molecule has 1 heterocycles. The van der Waals surface area contributed by atoms with Crippen LogP contribution in [-0.2, 0) is 4.79 Å². The molecule has 0 atom stereocenters. The zero-order valence-electron chi connectivity index (χ0n) is 14.6. The smallest absolute Gasteiger partial charge is 0.277 e. The highest BCUT2D eigenvalue weighted by atomic mass is 35.5. The maximum atomic E-state index is 11.9. The summed E-state index contributed by atoms with van der Waals surface area (Å²) in [6, 6.07) is 15.4. The van der Waals surface area contributed by atoms with Crippen LogP contribution in [0.2, 0.25) is 5.02 Å². The van der Waals surface area contributed by atoms with Crippen LogP contribution >= 0.6 is 11.6 Å². The number of hydrogen-bond donors (Lipinski definition) is 1. The van der Waals surface area contributed by atoms with E-state index in [4.69, 9.17) is 16.3 Å². The molecule has 1 aromatic heterocycles. The second-order valence-electron chi connectivity index (χ2n) is 6.11. The molecule has 0 saturated heterocycles. The monoisotopic (exact) mass is 369 g/mol. The average molecular weight is 370 g/mol. The zero-order chi connectivity index (χ0) is 18.5. The number of rotatable bonds is 6. The van der Waals surface area contributed by atoms with Crippen molar-refractivity contribution in [3.63, 3.8) is 0 Å². The number of amides is 1. The third kappa shape index (κ3) is 4.06. The fourth-order valence-corrected chi connectivity index (χ4v) is 2.86.